The topological polar surface area (TPSA) is 83.1 Å². The van der Waals surface area contributed by atoms with E-state index in [1.165, 1.54) is 0 Å². The van der Waals surface area contributed by atoms with E-state index in [9.17, 15) is 9.59 Å². The van der Waals surface area contributed by atoms with E-state index in [0.717, 1.165) is 22.4 Å². The van der Waals surface area contributed by atoms with Crippen LogP contribution in [0.15, 0.2) is 84.9 Å². The molecule has 3 aromatic carbocycles. The van der Waals surface area contributed by atoms with E-state index < -0.39 is 17.5 Å². The number of ether oxygens (including phenoxy) is 3. The molecule has 0 fully saturated rings. The highest BCUT2D eigenvalue weighted by Crippen LogP contribution is 2.37. The van der Waals surface area contributed by atoms with Gasteiger partial charge in [0, 0.05) is 0 Å². The third kappa shape index (κ3) is 7.44. The first-order chi connectivity index (χ1) is 18.9. The van der Waals surface area contributed by atoms with Gasteiger partial charge in [0.2, 0.25) is 0 Å². The van der Waals surface area contributed by atoms with Gasteiger partial charge in [-0.25, -0.2) is 9.59 Å². The molecule has 0 aromatic heterocycles. The van der Waals surface area contributed by atoms with Gasteiger partial charge in [-0.05, 0) is 49.6 Å². The van der Waals surface area contributed by atoms with Crippen LogP contribution in [-0.2, 0) is 29.4 Å². The van der Waals surface area contributed by atoms with Crippen LogP contribution in [0.4, 0.5) is 0 Å². The van der Waals surface area contributed by atoms with Crippen molar-refractivity contribution in [3.8, 4) is 5.75 Å². The van der Waals surface area contributed by atoms with Gasteiger partial charge in [-0.3, -0.25) is 10.2 Å². The Hall–Kier alpha value is -3.72. The van der Waals surface area contributed by atoms with Gasteiger partial charge < -0.3 is 14.2 Å². The van der Waals surface area contributed by atoms with Crippen molar-refractivity contribution in [1.29, 1.82) is 0 Å². The molecule has 0 atom stereocenters. The second-order valence-electron chi connectivity index (χ2n) is 9.01. The zero-order valence-corrected chi connectivity index (χ0v) is 23.2. The Morgan fingerprint density at radius 3 is 1.69 bits per heavy atom. The monoisotopic (exact) mass is 535 g/mol. The molecule has 0 unspecified atom stereocenters. The first kappa shape index (κ1) is 29.8. The van der Waals surface area contributed by atoms with Gasteiger partial charge in [-0.1, -0.05) is 72.8 Å². The van der Waals surface area contributed by atoms with Gasteiger partial charge in [0.05, 0.1) is 12.6 Å². The highest BCUT2D eigenvalue weighted by molar-refractivity contribution is 5.73. The lowest BCUT2D eigenvalue weighted by molar-refractivity contribution is -1.09. The first-order valence-electron chi connectivity index (χ1n) is 13.3. The summed E-state index contributed by atoms with van der Waals surface area (Å²) in [5.74, 6) is -0.371. The van der Waals surface area contributed by atoms with E-state index in [1.54, 1.807) is 7.11 Å². The average Bonchev–Trinajstić information content (AvgIpc) is 2.99. The summed E-state index contributed by atoms with van der Waals surface area (Å²) in [6.07, 6.45) is 0. The molecule has 0 bridgehead atoms. The minimum atomic E-state index is -0.818. The molecule has 0 aliphatic rings. The van der Waals surface area contributed by atoms with Crippen LogP contribution in [0.2, 0.25) is 0 Å². The summed E-state index contributed by atoms with van der Waals surface area (Å²) >= 11 is 0. The van der Waals surface area contributed by atoms with Crippen molar-refractivity contribution in [2.24, 2.45) is 0 Å². The quantitative estimate of drug-likeness (QED) is 0.101. The Morgan fingerprint density at radius 1 is 0.718 bits per heavy atom. The van der Waals surface area contributed by atoms with Crippen molar-refractivity contribution < 1.29 is 33.3 Å². The molecule has 8 heteroatoms. The third-order valence-electron chi connectivity index (χ3n) is 6.97. The fourth-order valence-corrected chi connectivity index (χ4v) is 4.61. The fraction of sp³-hybridized carbons (Fsp3) is 0.355. The first-order valence-corrected chi connectivity index (χ1v) is 13.3. The number of hydroxylamine groups is 3. The molecule has 3 rings (SSSR count). The van der Waals surface area contributed by atoms with Crippen molar-refractivity contribution in [3.05, 3.63) is 102 Å². The SMILES string of the molecule is CC[N+](CC)(CC)OC(=O)COCC(=O)OCNC(c1ccccc1)(c1ccccc1)c1ccc(OC)cc1. The van der Waals surface area contributed by atoms with Crippen LogP contribution < -0.4 is 10.1 Å². The predicted octanol–water partition coefficient (Wildman–Crippen LogP) is 4.43. The number of carbonyl (C=O) groups is 2. The summed E-state index contributed by atoms with van der Waals surface area (Å²) in [5.41, 5.74) is 2.07. The van der Waals surface area contributed by atoms with Gasteiger partial charge in [-0.15, -0.1) is 4.65 Å². The van der Waals surface area contributed by atoms with E-state index >= 15 is 0 Å². The Labute approximate surface area is 231 Å². The Balaban J connectivity index is 1.72. The van der Waals surface area contributed by atoms with Crippen LogP contribution in [0.1, 0.15) is 37.5 Å². The van der Waals surface area contributed by atoms with Crippen molar-refractivity contribution in [2.75, 3.05) is 46.7 Å². The molecule has 0 radical (unpaired) electrons. The Bertz CT molecular complexity index is 1120. The van der Waals surface area contributed by atoms with Crippen LogP contribution in [0, 0.1) is 0 Å². The van der Waals surface area contributed by atoms with E-state index in [4.69, 9.17) is 19.0 Å². The number of hydrogen-bond donors (Lipinski definition) is 1. The van der Waals surface area contributed by atoms with E-state index in [2.05, 4.69) is 5.32 Å². The van der Waals surface area contributed by atoms with Gasteiger partial charge in [0.1, 0.15) is 38.7 Å². The molecule has 0 aliphatic carbocycles. The molecule has 0 heterocycles. The number of methoxy groups -OCH3 is 1. The minimum absolute atomic E-state index is 0.0933. The summed E-state index contributed by atoms with van der Waals surface area (Å²) < 4.78 is 16.4. The minimum Gasteiger partial charge on any atom is -0.497 e. The predicted molar refractivity (Wildman–Crippen MR) is 149 cm³/mol. The van der Waals surface area contributed by atoms with Crippen molar-refractivity contribution >= 4 is 11.9 Å². The molecule has 39 heavy (non-hydrogen) atoms. The maximum absolute atomic E-state index is 12.5. The molecule has 1 N–H and O–H groups in total. The average molecular weight is 536 g/mol. The van der Waals surface area contributed by atoms with E-state index in [0.29, 0.717) is 19.6 Å². The molecule has 8 nitrogen and oxygen atoms in total. The number of quaternary nitrogens is 1. The van der Waals surface area contributed by atoms with Gasteiger partial charge >= 0.3 is 11.9 Å². The normalized spacial score (nSPS) is 11.6. The number of nitrogens with zero attached hydrogens (tertiary/aromatic N) is 1. The number of nitrogens with one attached hydrogen (secondary N) is 1. The van der Waals surface area contributed by atoms with Crippen molar-refractivity contribution in [2.45, 2.75) is 26.3 Å². The lowest BCUT2D eigenvalue weighted by Crippen LogP contribution is -2.49. The lowest BCUT2D eigenvalue weighted by atomic mass is 9.77. The second kappa shape index (κ2) is 14.4. The number of benzene rings is 3. The molecule has 3 aromatic rings. The zero-order valence-electron chi connectivity index (χ0n) is 23.2. The Morgan fingerprint density at radius 2 is 1.21 bits per heavy atom. The highest BCUT2D eigenvalue weighted by atomic mass is 16.8. The van der Waals surface area contributed by atoms with E-state index in [-0.39, 0.29) is 24.6 Å². The van der Waals surface area contributed by atoms with Crippen LogP contribution in [0.3, 0.4) is 0 Å². The van der Waals surface area contributed by atoms with E-state index in [1.807, 2.05) is 106 Å². The second-order valence-corrected chi connectivity index (χ2v) is 9.01. The van der Waals surface area contributed by atoms with Crippen molar-refractivity contribution in [3.63, 3.8) is 0 Å². The van der Waals surface area contributed by atoms with Crippen LogP contribution in [-0.4, -0.2) is 63.3 Å². The van der Waals surface area contributed by atoms with Gasteiger partial charge in [0.25, 0.3) is 0 Å². The molecule has 0 amide bonds. The van der Waals surface area contributed by atoms with Crippen molar-refractivity contribution in [1.82, 2.24) is 5.32 Å². The van der Waals surface area contributed by atoms with Crippen LogP contribution in [0.5, 0.6) is 5.75 Å². The summed E-state index contributed by atoms with van der Waals surface area (Å²) in [7, 11) is 1.63. The number of hydrogen-bond acceptors (Lipinski definition) is 7. The summed E-state index contributed by atoms with van der Waals surface area (Å²) in [5, 5.41) is 3.47. The summed E-state index contributed by atoms with van der Waals surface area (Å²) in [6, 6.07) is 27.7. The maximum Gasteiger partial charge on any atom is 0.391 e. The number of rotatable bonds is 15. The zero-order chi connectivity index (χ0) is 28.1. The Kier molecular flexibility index (Phi) is 11.0. The molecular weight excluding hydrogens is 496 g/mol. The third-order valence-corrected chi connectivity index (χ3v) is 6.97. The van der Waals surface area contributed by atoms with Gasteiger partial charge in [0.15, 0.2) is 6.61 Å². The molecular formula is C31H39N2O6+. The number of esters is 1. The number of carbonyl (C=O) groups excluding carboxylic acids is 2. The summed E-state index contributed by atoms with van der Waals surface area (Å²) in [4.78, 5) is 30.3. The molecule has 0 saturated heterocycles. The molecule has 0 aliphatic heterocycles. The summed E-state index contributed by atoms with van der Waals surface area (Å²) in [6.45, 7) is 7.07. The molecule has 0 spiro atoms. The molecule has 0 saturated carbocycles. The standard InChI is InChI=1S/C31H39N2O6/c1-5-33(6-2,7-3)39-30(35)23-37-22-29(34)38-24-32-31(25-14-10-8-11-15-25,26-16-12-9-13-17-26)27-18-20-28(36-4)21-19-27/h8-21,32H,5-7,22-24H2,1-4H3/q+1. The fourth-order valence-electron chi connectivity index (χ4n) is 4.61. The smallest absolute Gasteiger partial charge is 0.391 e. The maximum atomic E-state index is 12.5. The largest absolute Gasteiger partial charge is 0.497 e. The highest BCUT2D eigenvalue weighted by Gasteiger charge is 2.36. The van der Waals surface area contributed by atoms with Crippen LogP contribution in [0.25, 0.3) is 0 Å². The van der Waals surface area contributed by atoms with Gasteiger partial charge in [-0.2, -0.15) is 0 Å². The molecule has 208 valence electrons. The lowest BCUT2D eigenvalue weighted by Gasteiger charge is -2.37. The van der Waals surface area contributed by atoms with Crippen LogP contribution >= 0.6 is 0 Å².